The van der Waals surface area contributed by atoms with Gasteiger partial charge in [0.2, 0.25) is 0 Å². The average Bonchev–Trinajstić information content (AvgIpc) is 3.42. The van der Waals surface area contributed by atoms with Crippen LogP contribution in [0.4, 0.5) is 10.8 Å². The summed E-state index contributed by atoms with van der Waals surface area (Å²) in [5.74, 6) is -0.199. The third-order valence-electron chi connectivity index (χ3n) is 4.86. The Morgan fingerprint density at radius 2 is 1.97 bits per heavy atom. The number of morpholine rings is 1. The van der Waals surface area contributed by atoms with E-state index < -0.39 is 0 Å². The molecular weight excluding hydrogens is 386 g/mol. The van der Waals surface area contributed by atoms with Crippen LogP contribution in [0.25, 0.3) is 21.5 Å². The summed E-state index contributed by atoms with van der Waals surface area (Å²) in [6.45, 7) is 3.16. The second kappa shape index (κ2) is 7.65. The van der Waals surface area contributed by atoms with Gasteiger partial charge in [-0.05, 0) is 18.2 Å². The molecular formula is C21H19N5O2S. The predicted octanol–water partition coefficient (Wildman–Crippen LogP) is 3.78. The smallest absolute Gasteiger partial charge is 0.259 e. The van der Waals surface area contributed by atoms with Crippen LogP contribution >= 0.6 is 11.3 Å². The number of fused-ring (bicyclic) bond motifs is 1. The average molecular weight is 405 g/mol. The number of nitrogens with one attached hydrogen (secondary N) is 2. The molecule has 7 nitrogen and oxygen atoms in total. The highest BCUT2D eigenvalue weighted by atomic mass is 32.1. The molecule has 3 heterocycles. The second-order valence-electron chi connectivity index (χ2n) is 6.76. The Kier molecular flexibility index (Phi) is 4.71. The Bertz CT molecular complexity index is 1150. The monoisotopic (exact) mass is 405 g/mol. The predicted molar refractivity (Wildman–Crippen MR) is 115 cm³/mol. The Morgan fingerprint density at radius 3 is 2.79 bits per heavy atom. The minimum Gasteiger partial charge on any atom is -0.378 e. The third-order valence-corrected chi connectivity index (χ3v) is 5.94. The Hall–Kier alpha value is -3.23. The van der Waals surface area contributed by atoms with Gasteiger partial charge in [0.25, 0.3) is 5.91 Å². The molecule has 1 fully saturated rings. The van der Waals surface area contributed by atoms with Crippen LogP contribution in [-0.2, 0) is 4.74 Å². The normalized spacial score (nSPS) is 14.3. The Labute approximate surface area is 171 Å². The lowest BCUT2D eigenvalue weighted by Gasteiger charge is -2.25. The highest BCUT2D eigenvalue weighted by Gasteiger charge is 2.17. The van der Waals surface area contributed by atoms with Gasteiger partial charge in [0.05, 0.1) is 40.9 Å². The summed E-state index contributed by atoms with van der Waals surface area (Å²) in [5.41, 5.74) is 3.80. The maximum absolute atomic E-state index is 12.9. The number of anilines is 2. The van der Waals surface area contributed by atoms with Gasteiger partial charge < -0.3 is 15.0 Å². The SMILES string of the molecule is O=C(Nc1ccc2nc(N3CCOCC3)sc2c1)c1cn[nH]c1-c1ccccc1. The first-order valence-electron chi connectivity index (χ1n) is 9.41. The van der Waals surface area contributed by atoms with Gasteiger partial charge >= 0.3 is 0 Å². The maximum Gasteiger partial charge on any atom is 0.259 e. The van der Waals surface area contributed by atoms with Crippen LogP contribution in [0, 0.1) is 0 Å². The van der Waals surface area contributed by atoms with E-state index in [-0.39, 0.29) is 5.91 Å². The second-order valence-corrected chi connectivity index (χ2v) is 7.77. The zero-order valence-electron chi connectivity index (χ0n) is 15.6. The zero-order valence-corrected chi connectivity index (χ0v) is 16.4. The number of amides is 1. The highest BCUT2D eigenvalue weighted by molar-refractivity contribution is 7.22. The summed E-state index contributed by atoms with van der Waals surface area (Å²) in [7, 11) is 0. The number of aromatic amines is 1. The van der Waals surface area contributed by atoms with Crippen molar-refractivity contribution in [2.75, 3.05) is 36.5 Å². The number of rotatable bonds is 4. The summed E-state index contributed by atoms with van der Waals surface area (Å²) < 4.78 is 6.46. The minimum absolute atomic E-state index is 0.199. The largest absolute Gasteiger partial charge is 0.378 e. The first-order chi connectivity index (χ1) is 14.3. The number of aromatic nitrogens is 3. The molecule has 0 unspecified atom stereocenters. The van der Waals surface area contributed by atoms with Gasteiger partial charge in [-0.3, -0.25) is 9.89 Å². The third kappa shape index (κ3) is 3.59. The molecule has 0 atom stereocenters. The Balaban J connectivity index is 1.38. The van der Waals surface area contributed by atoms with Gasteiger partial charge in [0.1, 0.15) is 0 Å². The fourth-order valence-electron chi connectivity index (χ4n) is 3.36. The van der Waals surface area contributed by atoms with Gasteiger partial charge in [-0.25, -0.2) is 4.98 Å². The van der Waals surface area contributed by atoms with Crippen molar-refractivity contribution in [3.63, 3.8) is 0 Å². The molecule has 1 aliphatic heterocycles. The molecule has 1 saturated heterocycles. The van der Waals surface area contributed by atoms with Crippen LogP contribution in [0.5, 0.6) is 0 Å². The molecule has 0 saturated carbocycles. The van der Waals surface area contributed by atoms with Crippen molar-refractivity contribution < 1.29 is 9.53 Å². The summed E-state index contributed by atoms with van der Waals surface area (Å²) >= 11 is 1.63. The van der Waals surface area contributed by atoms with Gasteiger partial charge in [-0.1, -0.05) is 41.7 Å². The van der Waals surface area contributed by atoms with Gasteiger partial charge in [-0.2, -0.15) is 5.10 Å². The van der Waals surface area contributed by atoms with Crippen LogP contribution in [0.2, 0.25) is 0 Å². The summed E-state index contributed by atoms with van der Waals surface area (Å²) in [4.78, 5) is 19.8. The van der Waals surface area contributed by atoms with Crippen LogP contribution in [0.3, 0.4) is 0 Å². The molecule has 0 aliphatic carbocycles. The number of carbonyl (C=O) groups excluding carboxylic acids is 1. The van der Waals surface area contributed by atoms with E-state index in [9.17, 15) is 4.79 Å². The van der Waals surface area contributed by atoms with E-state index in [2.05, 4.69) is 20.4 Å². The first kappa shape index (κ1) is 17.8. The lowest BCUT2D eigenvalue weighted by atomic mass is 10.1. The highest BCUT2D eigenvalue weighted by Crippen LogP contribution is 2.31. The van der Waals surface area contributed by atoms with E-state index in [0.29, 0.717) is 11.3 Å². The molecule has 0 radical (unpaired) electrons. The van der Waals surface area contributed by atoms with Crippen molar-refractivity contribution >= 4 is 38.3 Å². The molecule has 2 aromatic heterocycles. The molecule has 8 heteroatoms. The number of thiazole rings is 1. The van der Waals surface area contributed by atoms with E-state index in [0.717, 1.165) is 52.9 Å². The molecule has 4 aromatic rings. The number of carbonyl (C=O) groups is 1. The number of benzene rings is 2. The molecule has 2 aromatic carbocycles. The van der Waals surface area contributed by atoms with Crippen molar-refractivity contribution in [1.29, 1.82) is 0 Å². The van der Waals surface area contributed by atoms with Crippen molar-refractivity contribution in [3.05, 3.63) is 60.3 Å². The lowest BCUT2D eigenvalue weighted by molar-refractivity contribution is 0.102. The molecule has 0 spiro atoms. The molecule has 1 aliphatic rings. The number of hydrogen-bond acceptors (Lipinski definition) is 6. The van der Waals surface area contributed by atoms with Crippen LogP contribution in [-0.4, -0.2) is 47.4 Å². The van der Waals surface area contributed by atoms with E-state index in [1.165, 1.54) is 0 Å². The van der Waals surface area contributed by atoms with Gasteiger partial charge in [0.15, 0.2) is 5.13 Å². The first-order valence-corrected chi connectivity index (χ1v) is 10.2. The summed E-state index contributed by atoms with van der Waals surface area (Å²) in [6, 6.07) is 15.5. The Morgan fingerprint density at radius 1 is 1.14 bits per heavy atom. The molecule has 1 amide bonds. The molecule has 146 valence electrons. The fourth-order valence-corrected chi connectivity index (χ4v) is 4.42. The van der Waals surface area contributed by atoms with Crippen molar-refractivity contribution in [3.8, 4) is 11.3 Å². The van der Waals surface area contributed by atoms with E-state index in [4.69, 9.17) is 9.72 Å². The summed E-state index contributed by atoms with van der Waals surface area (Å²) in [5, 5.41) is 11.0. The number of nitrogens with zero attached hydrogens (tertiary/aromatic N) is 3. The van der Waals surface area contributed by atoms with Crippen LogP contribution in [0.1, 0.15) is 10.4 Å². The standard InChI is InChI=1S/C21H19N5O2S/c27-20(16-13-22-25-19(16)14-4-2-1-3-5-14)23-15-6-7-17-18(12-15)29-21(24-17)26-8-10-28-11-9-26/h1-7,12-13H,8-11H2,(H,22,25)(H,23,27). The minimum atomic E-state index is -0.199. The molecule has 29 heavy (non-hydrogen) atoms. The summed E-state index contributed by atoms with van der Waals surface area (Å²) in [6.07, 6.45) is 1.55. The number of hydrogen-bond donors (Lipinski definition) is 2. The van der Waals surface area contributed by atoms with Crippen LogP contribution < -0.4 is 10.2 Å². The van der Waals surface area contributed by atoms with Crippen molar-refractivity contribution in [2.45, 2.75) is 0 Å². The van der Waals surface area contributed by atoms with Crippen molar-refractivity contribution in [2.24, 2.45) is 0 Å². The van der Waals surface area contributed by atoms with Gasteiger partial charge in [0, 0.05) is 24.3 Å². The van der Waals surface area contributed by atoms with Gasteiger partial charge in [-0.15, -0.1) is 0 Å². The molecule has 2 N–H and O–H groups in total. The maximum atomic E-state index is 12.9. The zero-order chi connectivity index (χ0) is 19.6. The van der Waals surface area contributed by atoms with E-state index >= 15 is 0 Å². The van der Waals surface area contributed by atoms with E-state index in [1.807, 2.05) is 48.5 Å². The molecule has 0 bridgehead atoms. The number of ether oxygens (including phenoxy) is 1. The van der Waals surface area contributed by atoms with Crippen LogP contribution in [0.15, 0.2) is 54.7 Å². The fraction of sp³-hybridized carbons (Fsp3) is 0.190. The van der Waals surface area contributed by atoms with E-state index in [1.54, 1.807) is 17.5 Å². The quantitative estimate of drug-likeness (QED) is 0.540. The van der Waals surface area contributed by atoms with Crippen molar-refractivity contribution in [1.82, 2.24) is 15.2 Å². The topological polar surface area (TPSA) is 83.1 Å². The molecule has 5 rings (SSSR count). The number of H-pyrrole nitrogens is 1. The lowest BCUT2D eigenvalue weighted by Crippen LogP contribution is -2.36.